The van der Waals surface area contributed by atoms with Crippen molar-refractivity contribution in [3.05, 3.63) is 93.2 Å². The molecule has 0 amide bonds. The van der Waals surface area contributed by atoms with Crippen LogP contribution in [0.2, 0.25) is 0 Å². The molecule has 0 bridgehead atoms. The summed E-state index contributed by atoms with van der Waals surface area (Å²) in [6.07, 6.45) is -3.10. The average molecular weight is 402 g/mol. The van der Waals surface area contributed by atoms with Crippen LogP contribution in [0.1, 0.15) is 32.9 Å². The third kappa shape index (κ3) is 4.67. The molecule has 4 nitrogen and oxygen atoms in total. The highest BCUT2D eigenvalue weighted by molar-refractivity contribution is 5.97. The van der Waals surface area contributed by atoms with Gasteiger partial charge in [0.2, 0.25) is 0 Å². The van der Waals surface area contributed by atoms with Gasteiger partial charge in [0, 0.05) is 35.8 Å². The van der Waals surface area contributed by atoms with E-state index in [0.717, 1.165) is 34.5 Å². The number of Topliss-reactive ketones (excluding diaryl/α,β-unsaturated/α-hetero) is 1. The molecular formula is C22H21F3N2O2. The van der Waals surface area contributed by atoms with E-state index in [-0.39, 0.29) is 0 Å². The summed E-state index contributed by atoms with van der Waals surface area (Å²) in [4.78, 5) is 24.7. The van der Waals surface area contributed by atoms with E-state index in [1.54, 1.807) is 13.0 Å². The summed E-state index contributed by atoms with van der Waals surface area (Å²) in [7, 11) is 0. The first-order valence-electron chi connectivity index (χ1n) is 9.18. The second-order valence-corrected chi connectivity index (χ2v) is 6.98. The highest BCUT2D eigenvalue weighted by atomic mass is 19.4. The molecular weight excluding hydrogens is 381 g/mol. The Morgan fingerprint density at radius 1 is 1.03 bits per heavy atom. The van der Waals surface area contributed by atoms with Gasteiger partial charge in [-0.25, -0.2) is 0 Å². The number of rotatable bonds is 6. The van der Waals surface area contributed by atoms with E-state index in [0.29, 0.717) is 18.3 Å². The number of hydrogen-bond donors (Lipinski definition) is 0. The second kappa shape index (κ2) is 8.11. The molecule has 0 radical (unpaired) electrons. The maximum absolute atomic E-state index is 12.9. The lowest BCUT2D eigenvalue weighted by atomic mass is 10.1. The summed E-state index contributed by atoms with van der Waals surface area (Å²) < 4.78 is 41.5. The normalized spacial score (nSPS) is 11.6. The van der Waals surface area contributed by atoms with E-state index in [4.69, 9.17) is 0 Å². The SMILES string of the molecule is Cc1cc(C(=O)Cn2cc(C(F)(F)F)ccc2=O)c(C)n1CCc1ccccc1. The van der Waals surface area contributed by atoms with Gasteiger partial charge in [-0.05, 0) is 38.0 Å². The molecule has 1 aromatic carbocycles. The number of aryl methyl sites for hydroxylation is 2. The smallest absolute Gasteiger partial charge is 0.348 e. The third-order valence-corrected chi connectivity index (χ3v) is 4.97. The zero-order valence-corrected chi connectivity index (χ0v) is 16.2. The van der Waals surface area contributed by atoms with Gasteiger partial charge in [-0.1, -0.05) is 30.3 Å². The topological polar surface area (TPSA) is 44.0 Å². The van der Waals surface area contributed by atoms with Gasteiger partial charge < -0.3 is 9.13 Å². The molecule has 29 heavy (non-hydrogen) atoms. The Kier molecular flexibility index (Phi) is 5.77. The molecule has 0 fully saturated rings. The van der Waals surface area contributed by atoms with Crippen LogP contribution in [-0.4, -0.2) is 14.9 Å². The van der Waals surface area contributed by atoms with Crippen molar-refractivity contribution < 1.29 is 18.0 Å². The first-order valence-corrected chi connectivity index (χ1v) is 9.18. The first kappa shape index (κ1) is 20.6. The zero-order chi connectivity index (χ0) is 21.2. The van der Waals surface area contributed by atoms with Crippen molar-refractivity contribution in [2.24, 2.45) is 0 Å². The minimum Gasteiger partial charge on any atom is -0.348 e. The molecule has 0 N–H and O–H groups in total. The zero-order valence-electron chi connectivity index (χ0n) is 16.2. The number of alkyl halides is 3. The van der Waals surface area contributed by atoms with E-state index >= 15 is 0 Å². The van der Waals surface area contributed by atoms with Crippen LogP contribution < -0.4 is 5.56 Å². The number of ketones is 1. The van der Waals surface area contributed by atoms with Gasteiger partial charge in [-0.2, -0.15) is 13.2 Å². The number of carbonyl (C=O) groups is 1. The predicted octanol–water partition coefficient (Wildman–Crippen LogP) is 4.41. The lowest BCUT2D eigenvalue weighted by molar-refractivity contribution is -0.138. The molecule has 0 saturated carbocycles. The van der Waals surface area contributed by atoms with Crippen LogP contribution in [-0.2, 0) is 25.7 Å². The number of halogens is 3. The van der Waals surface area contributed by atoms with Crippen molar-refractivity contribution in [2.75, 3.05) is 0 Å². The Bertz CT molecular complexity index is 1080. The van der Waals surface area contributed by atoms with Gasteiger partial charge in [-0.3, -0.25) is 9.59 Å². The van der Waals surface area contributed by atoms with Crippen molar-refractivity contribution in [3.63, 3.8) is 0 Å². The number of hydrogen-bond acceptors (Lipinski definition) is 2. The maximum Gasteiger partial charge on any atom is 0.417 e. The van der Waals surface area contributed by atoms with Gasteiger partial charge in [0.15, 0.2) is 5.78 Å². The van der Waals surface area contributed by atoms with E-state index in [1.165, 1.54) is 5.56 Å². The summed E-state index contributed by atoms with van der Waals surface area (Å²) in [6, 6.07) is 13.2. The lowest BCUT2D eigenvalue weighted by Gasteiger charge is -2.11. The fraction of sp³-hybridized carbons (Fsp3) is 0.273. The van der Waals surface area contributed by atoms with Crippen LogP contribution in [0.5, 0.6) is 0 Å². The highest BCUT2D eigenvalue weighted by Crippen LogP contribution is 2.28. The Hall–Kier alpha value is -3.09. The second-order valence-electron chi connectivity index (χ2n) is 6.98. The van der Waals surface area contributed by atoms with E-state index in [9.17, 15) is 22.8 Å². The summed E-state index contributed by atoms with van der Waals surface area (Å²) in [6.45, 7) is 3.93. The quantitative estimate of drug-likeness (QED) is 0.574. The van der Waals surface area contributed by atoms with Gasteiger partial charge in [0.25, 0.3) is 5.56 Å². The van der Waals surface area contributed by atoms with Crippen molar-refractivity contribution in [3.8, 4) is 0 Å². The molecule has 2 heterocycles. The van der Waals surface area contributed by atoms with Gasteiger partial charge in [-0.15, -0.1) is 0 Å². The van der Waals surface area contributed by atoms with Crippen LogP contribution in [0.4, 0.5) is 13.2 Å². The Labute approximate surface area is 166 Å². The third-order valence-electron chi connectivity index (χ3n) is 4.97. The Morgan fingerprint density at radius 3 is 2.38 bits per heavy atom. The van der Waals surface area contributed by atoms with Crippen LogP contribution in [0.25, 0.3) is 0 Å². The molecule has 0 aliphatic heterocycles. The number of carbonyl (C=O) groups excluding carboxylic acids is 1. The van der Waals surface area contributed by atoms with Crippen molar-refractivity contribution in [1.82, 2.24) is 9.13 Å². The molecule has 3 aromatic rings. The van der Waals surface area contributed by atoms with Crippen molar-refractivity contribution >= 4 is 5.78 Å². The van der Waals surface area contributed by atoms with Crippen LogP contribution in [0.3, 0.4) is 0 Å². The minimum absolute atomic E-state index is 0.398. The fourth-order valence-corrected chi connectivity index (χ4v) is 3.38. The summed E-state index contributed by atoms with van der Waals surface area (Å²) >= 11 is 0. The predicted molar refractivity (Wildman–Crippen MR) is 104 cm³/mol. The number of pyridine rings is 1. The average Bonchev–Trinajstić information content (AvgIpc) is 2.95. The fourth-order valence-electron chi connectivity index (χ4n) is 3.38. The number of nitrogens with zero attached hydrogens (tertiary/aromatic N) is 2. The molecule has 3 rings (SSSR count). The first-order chi connectivity index (χ1) is 13.7. The molecule has 0 unspecified atom stereocenters. The van der Waals surface area contributed by atoms with E-state index in [2.05, 4.69) is 0 Å². The molecule has 152 valence electrons. The molecule has 0 atom stereocenters. The van der Waals surface area contributed by atoms with Crippen LogP contribution in [0, 0.1) is 13.8 Å². The maximum atomic E-state index is 12.9. The van der Waals surface area contributed by atoms with Gasteiger partial charge >= 0.3 is 6.18 Å². The Morgan fingerprint density at radius 2 is 1.72 bits per heavy atom. The van der Waals surface area contributed by atoms with Gasteiger partial charge in [0.05, 0.1) is 12.1 Å². The van der Waals surface area contributed by atoms with E-state index in [1.807, 2.05) is 41.8 Å². The van der Waals surface area contributed by atoms with Crippen molar-refractivity contribution in [1.29, 1.82) is 0 Å². The molecule has 0 aliphatic rings. The van der Waals surface area contributed by atoms with Crippen molar-refractivity contribution in [2.45, 2.75) is 39.5 Å². The van der Waals surface area contributed by atoms with Gasteiger partial charge in [0.1, 0.15) is 0 Å². The monoisotopic (exact) mass is 402 g/mol. The molecule has 0 spiro atoms. The summed E-state index contributed by atoms with van der Waals surface area (Å²) in [5, 5.41) is 0. The Balaban J connectivity index is 1.81. The minimum atomic E-state index is -4.58. The number of benzene rings is 1. The summed E-state index contributed by atoms with van der Waals surface area (Å²) in [5.41, 5.74) is 1.60. The molecule has 2 aromatic heterocycles. The molecule has 0 saturated heterocycles. The number of aromatic nitrogens is 2. The van der Waals surface area contributed by atoms with E-state index < -0.39 is 29.6 Å². The lowest BCUT2D eigenvalue weighted by Crippen LogP contribution is -2.25. The standard InChI is InChI=1S/C22H21F3N2O2/c1-15-12-19(16(2)27(15)11-10-17-6-4-3-5-7-17)20(28)14-26-13-18(22(23,24)25)8-9-21(26)29/h3-9,12-13H,10-11,14H2,1-2H3. The van der Waals surface area contributed by atoms with Crippen LogP contribution in [0.15, 0.2) is 59.5 Å². The molecule has 0 aliphatic carbocycles. The molecule has 7 heteroatoms. The van der Waals surface area contributed by atoms with Crippen LogP contribution >= 0.6 is 0 Å². The largest absolute Gasteiger partial charge is 0.417 e. The highest BCUT2D eigenvalue weighted by Gasteiger charge is 2.31. The summed E-state index contributed by atoms with van der Waals surface area (Å²) in [5.74, 6) is -0.398.